The van der Waals surface area contributed by atoms with Crippen LogP contribution in [0.5, 0.6) is 0 Å². The number of aromatic nitrogens is 3. The number of hydrogen-bond donors (Lipinski definition) is 1. The third kappa shape index (κ3) is 4.52. The zero-order valence-corrected chi connectivity index (χ0v) is 17.9. The quantitative estimate of drug-likeness (QED) is 0.465. The van der Waals surface area contributed by atoms with Crippen molar-refractivity contribution in [3.8, 4) is 0 Å². The average molecular weight is 454 g/mol. The lowest BCUT2D eigenvalue weighted by Gasteiger charge is -2.21. The summed E-state index contributed by atoms with van der Waals surface area (Å²) in [5.41, 5.74) is 2.36. The van der Waals surface area contributed by atoms with Crippen molar-refractivity contribution < 1.29 is 9.59 Å². The molecule has 7 nitrogen and oxygen atoms in total. The number of halogens is 2. The summed E-state index contributed by atoms with van der Waals surface area (Å²) in [6.45, 7) is 1.45. The number of nitrogens with one attached hydrogen (secondary N) is 1. The minimum Gasteiger partial charge on any atom is -0.326 e. The largest absolute Gasteiger partial charge is 0.326 e. The first-order valence-corrected chi connectivity index (χ1v) is 10.1. The molecule has 1 aromatic carbocycles. The molecule has 0 unspecified atom stereocenters. The molecule has 0 saturated carbocycles. The van der Waals surface area contributed by atoms with Crippen LogP contribution in [0.1, 0.15) is 12.5 Å². The fourth-order valence-electron chi connectivity index (χ4n) is 3.20. The highest BCUT2D eigenvalue weighted by molar-refractivity contribution is 6.36. The first-order valence-electron chi connectivity index (χ1n) is 9.34. The summed E-state index contributed by atoms with van der Waals surface area (Å²) < 4.78 is 1.84. The highest BCUT2D eigenvalue weighted by Gasteiger charge is 2.18. The monoisotopic (exact) mass is 453 g/mol. The topological polar surface area (TPSA) is 79.6 Å². The van der Waals surface area contributed by atoms with E-state index in [-0.39, 0.29) is 18.2 Å². The second-order valence-corrected chi connectivity index (χ2v) is 7.57. The van der Waals surface area contributed by atoms with Gasteiger partial charge < -0.3 is 9.72 Å². The van der Waals surface area contributed by atoms with Gasteiger partial charge in [0.2, 0.25) is 11.8 Å². The van der Waals surface area contributed by atoms with Crippen LogP contribution in [-0.4, -0.2) is 26.2 Å². The van der Waals surface area contributed by atoms with E-state index in [9.17, 15) is 9.59 Å². The number of hydrogen-bond acceptors (Lipinski definition) is 4. The predicted octanol–water partition coefficient (Wildman–Crippen LogP) is 4.90. The van der Waals surface area contributed by atoms with E-state index in [0.29, 0.717) is 38.4 Å². The summed E-state index contributed by atoms with van der Waals surface area (Å²) in [4.78, 5) is 35.0. The van der Waals surface area contributed by atoms with Gasteiger partial charge in [-0.1, -0.05) is 29.3 Å². The number of imidazole rings is 1. The minimum absolute atomic E-state index is 0.0170. The van der Waals surface area contributed by atoms with E-state index in [0.717, 1.165) is 0 Å². The molecule has 0 bridgehead atoms. The van der Waals surface area contributed by atoms with E-state index in [1.54, 1.807) is 48.7 Å². The summed E-state index contributed by atoms with van der Waals surface area (Å²) in [5, 5.41) is 3.66. The molecule has 4 rings (SSSR count). The number of pyridine rings is 2. The Balaban J connectivity index is 1.58. The van der Waals surface area contributed by atoms with Crippen LogP contribution < -0.4 is 10.2 Å². The number of amides is 2. The molecule has 0 radical (unpaired) electrons. The molecule has 0 aliphatic carbocycles. The number of fused-ring (bicyclic) bond motifs is 1. The van der Waals surface area contributed by atoms with Gasteiger partial charge in [-0.2, -0.15) is 0 Å². The smallest absolute Gasteiger partial charge is 0.229 e. The van der Waals surface area contributed by atoms with Crippen molar-refractivity contribution in [2.75, 3.05) is 10.2 Å². The Labute approximate surface area is 188 Å². The van der Waals surface area contributed by atoms with Crippen molar-refractivity contribution in [2.24, 2.45) is 0 Å². The molecule has 0 aliphatic rings. The summed E-state index contributed by atoms with van der Waals surface area (Å²) in [7, 11) is 0. The second kappa shape index (κ2) is 8.75. The lowest BCUT2D eigenvalue weighted by molar-refractivity contribution is -0.116. The van der Waals surface area contributed by atoms with Crippen molar-refractivity contribution in [1.82, 2.24) is 14.4 Å². The van der Waals surface area contributed by atoms with E-state index in [1.807, 2.05) is 16.8 Å². The number of carbonyl (C=O) groups excluding carboxylic acids is 2. The highest BCUT2D eigenvalue weighted by atomic mass is 35.5. The Hall–Kier alpha value is -3.42. The fourth-order valence-corrected chi connectivity index (χ4v) is 3.73. The van der Waals surface area contributed by atoms with Crippen LogP contribution in [0.2, 0.25) is 10.0 Å². The molecule has 0 atom stereocenters. The van der Waals surface area contributed by atoms with Crippen LogP contribution in [0, 0.1) is 0 Å². The number of nitrogens with zero attached hydrogens (tertiary/aromatic N) is 4. The Morgan fingerprint density at radius 1 is 1.03 bits per heavy atom. The van der Waals surface area contributed by atoms with Gasteiger partial charge in [-0.25, -0.2) is 9.97 Å². The molecule has 2 amide bonds. The third-order valence-corrected chi connectivity index (χ3v) is 5.32. The molecule has 4 aromatic rings. The van der Waals surface area contributed by atoms with Gasteiger partial charge in [0.15, 0.2) is 0 Å². The number of anilines is 3. The maximum absolute atomic E-state index is 12.5. The van der Waals surface area contributed by atoms with E-state index < -0.39 is 0 Å². The Morgan fingerprint density at radius 3 is 2.55 bits per heavy atom. The zero-order valence-electron chi connectivity index (χ0n) is 16.4. The lowest BCUT2D eigenvalue weighted by atomic mass is 10.1. The van der Waals surface area contributed by atoms with E-state index in [4.69, 9.17) is 23.2 Å². The Kier molecular flexibility index (Phi) is 5.88. The molecule has 156 valence electrons. The first kappa shape index (κ1) is 20.8. The molecular weight excluding hydrogens is 437 g/mol. The maximum atomic E-state index is 12.5. The van der Waals surface area contributed by atoms with Crippen molar-refractivity contribution in [3.63, 3.8) is 0 Å². The molecule has 9 heteroatoms. The van der Waals surface area contributed by atoms with Gasteiger partial charge in [0.25, 0.3) is 0 Å². The van der Waals surface area contributed by atoms with E-state index in [2.05, 4.69) is 15.3 Å². The molecule has 0 spiro atoms. The second-order valence-electron chi connectivity index (χ2n) is 6.76. The van der Waals surface area contributed by atoms with E-state index in [1.165, 1.54) is 18.0 Å². The molecule has 0 aliphatic heterocycles. The molecule has 0 saturated heterocycles. The van der Waals surface area contributed by atoms with Gasteiger partial charge in [0, 0.05) is 59.6 Å². The van der Waals surface area contributed by atoms with Crippen LogP contribution in [0.25, 0.3) is 5.65 Å². The molecule has 3 heterocycles. The van der Waals surface area contributed by atoms with Crippen LogP contribution in [0.15, 0.2) is 67.3 Å². The number of carbonyl (C=O) groups is 2. The van der Waals surface area contributed by atoms with Crippen molar-refractivity contribution in [3.05, 3.63) is 82.9 Å². The molecule has 0 fully saturated rings. The van der Waals surface area contributed by atoms with Crippen molar-refractivity contribution in [1.29, 1.82) is 0 Å². The lowest BCUT2D eigenvalue weighted by Crippen LogP contribution is -2.24. The maximum Gasteiger partial charge on any atom is 0.229 e. The molecule has 3 aromatic heterocycles. The third-order valence-electron chi connectivity index (χ3n) is 4.61. The zero-order chi connectivity index (χ0) is 22.0. The van der Waals surface area contributed by atoms with Gasteiger partial charge in [0.1, 0.15) is 11.5 Å². The molecular formula is C22H17Cl2N5O2. The minimum atomic E-state index is -0.291. The van der Waals surface area contributed by atoms with Crippen molar-refractivity contribution in [2.45, 2.75) is 13.3 Å². The SMILES string of the molecule is CC(=O)N(c1ccn2ccnc2c1)c1cc(NC(=O)Cc2c(Cl)cccc2Cl)ccn1. The van der Waals surface area contributed by atoms with Crippen LogP contribution in [0.4, 0.5) is 17.2 Å². The predicted molar refractivity (Wildman–Crippen MR) is 121 cm³/mol. The summed E-state index contributed by atoms with van der Waals surface area (Å²) in [5.74, 6) is -0.146. The van der Waals surface area contributed by atoms with Crippen LogP contribution in [-0.2, 0) is 16.0 Å². The summed E-state index contributed by atoms with van der Waals surface area (Å²) >= 11 is 12.3. The van der Waals surface area contributed by atoms with E-state index >= 15 is 0 Å². The molecule has 1 N–H and O–H groups in total. The normalized spacial score (nSPS) is 10.8. The van der Waals surface area contributed by atoms with Gasteiger partial charge in [-0.15, -0.1) is 0 Å². The van der Waals surface area contributed by atoms with Crippen molar-refractivity contribution >= 4 is 57.9 Å². The van der Waals surface area contributed by atoms with Gasteiger partial charge >= 0.3 is 0 Å². The van der Waals surface area contributed by atoms with Crippen LogP contribution >= 0.6 is 23.2 Å². The van der Waals surface area contributed by atoms with Gasteiger partial charge in [-0.3, -0.25) is 14.5 Å². The average Bonchev–Trinajstić information content (AvgIpc) is 3.19. The standard InChI is InChI=1S/C22H17Cl2N5O2/c1-14(30)29(16-6-9-28-10-8-26-20(28)12-16)21-11-15(5-7-25-21)27-22(31)13-17-18(23)3-2-4-19(17)24/h2-12H,13H2,1H3,(H,25,27,31). The fraction of sp³-hybridized carbons (Fsp3) is 0.0909. The van der Waals surface area contributed by atoms with Crippen LogP contribution in [0.3, 0.4) is 0 Å². The summed E-state index contributed by atoms with van der Waals surface area (Å²) in [6, 6.07) is 11.9. The number of benzene rings is 1. The first-order chi connectivity index (χ1) is 14.9. The summed E-state index contributed by atoms with van der Waals surface area (Å²) in [6.07, 6.45) is 6.85. The number of rotatable bonds is 5. The Morgan fingerprint density at radius 2 is 1.81 bits per heavy atom. The molecule has 31 heavy (non-hydrogen) atoms. The van der Waals surface area contributed by atoms with Gasteiger partial charge in [0.05, 0.1) is 12.1 Å². The Bertz CT molecular complexity index is 1270. The van der Waals surface area contributed by atoms with Gasteiger partial charge in [-0.05, 0) is 29.8 Å². The highest BCUT2D eigenvalue weighted by Crippen LogP contribution is 2.28.